The lowest BCUT2D eigenvalue weighted by Gasteiger charge is -2.16. The number of benzene rings is 1. The van der Waals surface area contributed by atoms with E-state index in [2.05, 4.69) is 5.32 Å². The van der Waals surface area contributed by atoms with Gasteiger partial charge in [-0.3, -0.25) is 4.79 Å². The molecule has 0 bridgehead atoms. The Kier molecular flexibility index (Phi) is 6.17. The normalized spacial score (nSPS) is 10.9. The lowest BCUT2D eigenvalue weighted by molar-refractivity contribution is -0.116. The minimum Gasteiger partial charge on any atom is -0.494 e. The summed E-state index contributed by atoms with van der Waals surface area (Å²) in [6, 6.07) is 4.87. The highest BCUT2D eigenvalue weighted by Crippen LogP contribution is 2.26. The maximum Gasteiger partial charge on any atom is 0.251 e. The summed E-state index contributed by atoms with van der Waals surface area (Å²) in [6.45, 7) is -0.0913. The number of hydrogen-bond donors (Lipinski definition) is 2. The second-order valence-electron chi connectivity index (χ2n) is 4.41. The number of nitrogens with one attached hydrogen (secondary N) is 1. The summed E-state index contributed by atoms with van der Waals surface area (Å²) < 4.78 is 29.3. The van der Waals surface area contributed by atoms with Crippen molar-refractivity contribution in [2.75, 3.05) is 38.3 Å². The van der Waals surface area contributed by atoms with Crippen LogP contribution >= 0.6 is 0 Å². The number of rotatable bonds is 7. The minimum absolute atomic E-state index is 0.122. The van der Waals surface area contributed by atoms with Crippen LogP contribution in [0.15, 0.2) is 18.2 Å². The van der Waals surface area contributed by atoms with Crippen molar-refractivity contribution in [3.63, 3.8) is 0 Å². The third-order valence-corrected chi connectivity index (χ3v) is 2.67. The third-order valence-electron chi connectivity index (χ3n) is 2.67. The molecule has 0 heterocycles. The molecule has 0 fully saturated rings. The molecule has 0 atom stereocenters. The van der Waals surface area contributed by atoms with Crippen LogP contribution < -0.4 is 15.8 Å². The molecule has 3 N–H and O–H groups in total. The Morgan fingerprint density at radius 2 is 2.20 bits per heavy atom. The highest BCUT2D eigenvalue weighted by molar-refractivity contribution is 5.92. The number of carbonyl (C=O) groups is 1. The van der Waals surface area contributed by atoms with Crippen molar-refractivity contribution in [3.05, 3.63) is 18.2 Å². The van der Waals surface area contributed by atoms with Crippen LogP contribution in [0.4, 0.5) is 20.2 Å². The van der Waals surface area contributed by atoms with Gasteiger partial charge >= 0.3 is 0 Å². The highest BCUT2D eigenvalue weighted by Gasteiger charge is 2.11. The second-order valence-corrected chi connectivity index (χ2v) is 4.41. The van der Waals surface area contributed by atoms with Gasteiger partial charge in [-0.15, -0.1) is 0 Å². The molecule has 0 spiro atoms. The van der Waals surface area contributed by atoms with Crippen LogP contribution in [0.5, 0.6) is 5.75 Å². The van der Waals surface area contributed by atoms with Gasteiger partial charge < -0.3 is 20.7 Å². The standard InChI is InChI=1S/C13H19F2N3O2/c1-18(8-12(14)15)6-5-13(19)17-10-4-3-9(16)7-11(10)20-2/h3-4,7,12H,5-6,8,16H2,1-2H3,(H,17,19). The number of nitrogen functional groups attached to an aromatic ring is 1. The smallest absolute Gasteiger partial charge is 0.251 e. The third kappa shape index (κ3) is 5.40. The van der Waals surface area contributed by atoms with Gasteiger partial charge in [0.15, 0.2) is 0 Å². The molecule has 0 aromatic heterocycles. The molecule has 0 radical (unpaired) electrons. The molecule has 0 aliphatic rings. The SMILES string of the molecule is COc1cc(N)ccc1NC(=O)CCN(C)CC(F)F. The Morgan fingerprint density at radius 3 is 2.80 bits per heavy atom. The molecule has 0 unspecified atom stereocenters. The van der Waals surface area contributed by atoms with Gasteiger partial charge in [0.05, 0.1) is 19.3 Å². The molecular weight excluding hydrogens is 268 g/mol. The van der Waals surface area contributed by atoms with Crippen molar-refractivity contribution >= 4 is 17.3 Å². The first-order valence-electron chi connectivity index (χ1n) is 6.12. The van der Waals surface area contributed by atoms with Crippen LogP contribution in [0, 0.1) is 0 Å². The van der Waals surface area contributed by atoms with Gasteiger partial charge in [-0.1, -0.05) is 0 Å². The summed E-state index contributed by atoms with van der Waals surface area (Å²) >= 11 is 0. The van der Waals surface area contributed by atoms with E-state index in [9.17, 15) is 13.6 Å². The highest BCUT2D eigenvalue weighted by atomic mass is 19.3. The van der Waals surface area contributed by atoms with E-state index in [1.54, 1.807) is 25.2 Å². The number of methoxy groups -OCH3 is 1. The first kappa shape index (κ1) is 16.2. The average Bonchev–Trinajstić information content (AvgIpc) is 2.37. The molecule has 1 amide bonds. The van der Waals surface area contributed by atoms with Crippen molar-refractivity contribution in [1.82, 2.24) is 4.90 Å². The molecule has 112 valence electrons. The summed E-state index contributed by atoms with van der Waals surface area (Å²) in [5.41, 5.74) is 6.64. The monoisotopic (exact) mass is 287 g/mol. The molecule has 0 saturated heterocycles. The number of nitrogens with two attached hydrogens (primary N) is 1. The number of carbonyl (C=O) groups excluding carboxylic acids is 1. The molecule has 1 aromatic rings. The second kappa shape index (κ2) is 7.64. The summed E-state index contributed by atoms with van der Waals surface area (Å²) in [5, 5.41) is 2.66. The van der Waals surface area contributed by atoms with E-state index < -0.39 is 6.43 Å². The molecule has 1 aromatic carbocycles. The van der Waals surface area contributed by atoms with Crippen LogP contribution in [0.25, 0.3) is 0 Å². The van der Waals surface area contributed by atoms with Gasteiger partial charge in [0.2, 0.25) is 5.91 Å². The van der Waals surface area contributed by atoms with E-state index >= 15 is 0 Å². The summed E-state index contributed by atoms with van der Waals surface area (Å²) in [7, 11) is 3.02. The molecule has 7 heteroatoms. The van der Waals surface area contributed by atoms with Gasteiger partial charge in [0, 0.05) is 24.7 Å². The van der Waals surface area contributed by atoms with E-state index in [-0.39, 0.29) is 25.4 Å². The topological polar surface area (TPSA) is 67.6 Å². The maximum atomic E-state index is 12.1. The zero-order valence-electron chi connectivity index (χ0n) is 11.5. The predicted molar refractivity (Wildman–Crippen MR) is 74.2 cm³/mol. The molecule has 20 heavy (non-hydrogen) atoms. The Hall–Kier alpha value is -1.89. The molecule has 5 nitrogen and oxygen atoms in total. The molecule has 0 aliphatic carbocycles. The maximum absolute atomic E-state index is 12.1. The Morgan fingerprint density at radius 1 is 1.50 bits per heavy atom. The molecule has 0 saturated carbocycles. The first-order chi connectivity index (χ1) is 9.42. The van der Waals surface area contributed by atoms with Crippen LogP contribution in [0.1, 0.15) is 6.42 Å². The Labute approximate surface area is 116 Å². The fourth-order valence-corrected chi connectivity index (χ4v) is 1.64. The average molecular weight is 287 g/mol. The summed E-state index contributed by atoms with van der Waals surface area (Å²) in [6.07, 6.45) is -2.28. The number of amides is 1. The first-order valence-corrected chi connectivity index (χ1v) is 6.12. The minimum atomic E-state index is -2.40. The van der Waals surface area contributed by atoms with E-state index in [4.69, 9.17) is 10.5 Å². The van der Waals surface area contributed by atoms with Crippen LogP contribution in [-0.4, -0.2) is 44.5 Å². The van der Waals surface area contributed by atoms with Crippen LogP contribution in [0.2, 0.25) is 0 Å². The van der Waals surface area contributed by atoms with Crippen molar-refractivity contribution in [2.45, 2.75) is 12.8 Å². The molecule has 0 aliphatic heterocycles. The molecule has 1 rings (SSSR count). The zero-order chi connectivity index (χ0) is 15.1. The fraction of sp³-hybridized carbons (Fsp3) is 0.462. The van der Waals surface area contributed by atoms with Crippen LogP contribution in [-0.2, 0) is 4.79 Å². The van der Waals surface area contributed by atoms with Gasteiger partial charge in [0.1, 0.15) is 5.75 Å². The lowest BCUT2D eigenvalue weighted by atomic mass is 10.2. The number of halogens is 2. The van der Waals surface area contributed by atoms with E-state index in [1.165, 1.54) is 12.0 Å². The van der Waals surface area contributed by atoms with Crippen molar-refractivity contribution < 1.29 is 18.3 Å². The largest absolute Gasteiger partial charge is 0.494 e. The summed E-state index contributed by atoms with van der Waals surface area (Å²) in [4.78, 5) is 13.2. The van der Waals surface area contributed by atoms with Crippen molar-refractivity contribution in [3.8, 4) is 5.75 Å². The number of nitrogens with zero attached hydrogens (tertiary/aromatic N) is 1. The van der Waals surface area contributed by atoms with Gasteiger partial charge in [0.25, 0.3) is 6.43 Å². The van der Waals surface area contributed by atoms with E-state index in [0.29, 0.717) is 17.1 Å². The number of anilines is 2. The number of hydrogen-bond acceptors (Lipinski definition) is 4. The predicted octanol–water partition coefficient (Wildman–Crippen LogP) is 1.80. The van der Waals surface area contributed by atoms with E-state index in [1.807, 2.05) is 0 Å². The Balaban J connectivity index is 2.50. The number of alkyl halides is 2. The fourth-order valence-electron chi connectivity index (χ4n) is 1.64. The van der Waals surface area contributed by atoms with Crippen molar-refractivity contribution in [2.24, 2.45) is 0 Å². The van der Waals surface area contributed by atoms with Gasteiger partial charge in [-0.25, -0.2) is 8.78 Å². The molecular formula is C13H19F2N3O2. The van der Waals surface area contributed by atoms with Crippen LogP contribution in [0.3, 0.4) is 0 Å². The Bertz CT molecular complexity index is 455. The van der Waals surface area contributed by atoms with Gasteiger partial charge in [-0.2, -0.15) is 0 Å². The summed E-state index contributed by atoms with van der Waals surface area (Å²) in [5.74, 6) is 0.188. The zero-order valence-corrected chi connectivity index (χ0v) is 11.5. The van der Waals surface area contributed by atoms with E-state index in [0.717, 1.165) is 0 Å². The van der Waals surface area contributed by atoms with Crippen molar-refractivity contribution in [1.29, 1.82) is 0 Å². The van der Waals surface area contributed by atoms with Gasteiger partial charge in [-0.05, 0) is 19.2 Å². The number of ether oxygens (including phenoxy) is 1. The quantitative estimate of drug-likeness (QED) is 0.750. The lowest BCUT2D eigenvalue weighted by Crippen LogP contribution is -2.28.